The fraction of sp³-hybridized carbons (Fsp3) is 0.167. The normalized spacial score (nSPS) is 12.1. The van der Waals surface area contributed by atoms with Crippen LogP contribution in [0.5, 0.6) is 0 Å². The van der Waals surface area contributed by atoms with Gasteiger partial charge in [0.1, 0.15) is 11.5 Å². The molecule has 0 saturated carbocycles. The molecule has 0 bridgehead atoms. The largest absolute Gasteiger partial charge is 0.350 e. The number of rotatable bonds is 6. The van der Waals surface area contributed by atoms with Gasteiger partial charge in [-0.25, -0.2) is 9.37 Å². The molecule has 29 heavy (non-hydrogen) atoms. The maximum atomic E-state index is 13.3. The van der Waals surface area contributed by atoms with Crippen LogP contribution in [0.15, 0.2) is 79.0 Å². The summed E-state index contributed by atoms with van der Waals surface area (Å²) in [5.41, 5.74) is 4.43. The molecular formula is C24H22FN3O. The molecule has 5 heteroatoms. The first-order chi connectivity index (χ1) is 14.1. The maximum Gasteiger partial charge on any atom is 0.220 e. The lowest BCUT2D eigenvalue weighted by Crippen LogP contribution is -2.26. The Hall–Kier alpha value is -3.47. The minimum atomic E-state index is -0.284. The molecule has 0 spiro atoms. The van der Waals surface area contributed by atoms with Gasteiger partial charge in [0.25, 0.3) is 0 Å². The number of benzene rings is 2. The van der Waals surface area contributed by atoms with Gasteiger partial charge in [-0.05, 0) is 55.3 Å². The Balaban J connectivity index is 1.55. The van der Waals surface area contributed by atoms with Crippen molar-refractivity contribution in [3.8, 4) is 11.3 Å². The highest BCUT2D eigenvalue weighted by Gasteiger charge is 2.16. The van der Waals surface area contributed by atoms with Gasteiger partial charge < -0.3 is 9.72 Å². The van der Waals surface area contributed by atoms with Gasteiger partial charge in [-0.2, -0.15) is 0 Å². The molecule has 4 nitrogen and oxygen atoms in total. The number of halogens is 1. The van der Waals surface area contributed by atoms with E-state index in [1.807, 2.05) is 66.1 Å². The number of fused-ring (bicyclic) bond motifs is 1. The van der Waals surface area contributed by atoms with Crippen LogP contribution >= 0.6 is 0 Å². The number of aromatic nitrogens is 2. The molecule has 1 amide bonds. The Morgan fingerprint density at radius 3 is 2.52 bits per heavy atom. The molecule has 0 aliphatic carbocycles. The molecule has 1 N–H and O–H groups in total. The van der Waals surface area contributed by atoms with Crippen LogP contribution in [0.4, 0.5) is 4.39 Å². The summed E-state index contributed by atoms with van der Waals surface area (Å²) in [7, 11) is 0. The van der Waals surface area contributed by atoms with Crippen molar-refractivity contribution in [2.24, 2.45) is 0 Å². The van der Waals surface area contributed by atoms with E-state index in [-0.39, 0.29) is 17.8 Å². The van der Waals surface area contributed by atoms with Crippen molar-refractivity contribution in [3.05, 3.63) is 96.1 Å². The summed E-state index contributed by atoms with van der Waals surface area (Å²) < 4.78 is 15.3. The number of carbonyl (C=O) groups is 1. The zero-order valence-electron chi connectivity index (χ0n) is 16.2. The van der Waals surface area contributed by atoms with E-state index >= 15 is 0 Å². The molecule has 2 aromatic carbocycles. The number of hydrogen-bond acceptors (Lipinski definition) is 2. The number of aryl methyl sites for hydroxylation is 1. The molecule has 2 aromatic heterocycles. The third-order valence-electron chi connectivity index (χ3n) is 5.01. The van der Waals surface area contributed by atoms with Crippen LogP contribution in [0, 0.1) is 5.82 Å². The number of amides is 1. The minimum Gasteiger partial charge on any atom is -0.350 e. The quantitative estimate of drug-likeness (QED) is 0.509. The monoisotopic (exact) mass is 387 g/mol. The highest BCUT2D eigenvalue weighted by Crippen LogP contribution is 2.26. The standard InChI is InChI=1S/C24H22FN3O/c1-17(18-7-3-2-4-8-18)26-23(29)15-14-21-24(19-10-12-20(25)13-11-19)27-22-9-5-6-16-28(21)22/h2-13,16-17H,14-15H2,1H3,(H,26,29)/t17-/m0/s1. The molecule has 0 saturated heterocycles. The molecule has 0 unspecified atom stereocenters. The Morgan fingerprint density at radius 1 is 1.03 bits per heavy atom. The van der Waals surface area contributed by atoms with Crippen LogP contribution in [-0.4, -0.2) is 15.3 Å². The molecule has 4 aromatic rings. The third-order valence-corrected chi connectivity index (χ3v) is 5.01. The molecular weight excluding hydrogens is 365 g/mol. The topological polar surface area (TPSA) is 46.4 Å². The van der Waals surface area contributed by atoms with Gasteiger partial charge in [-0.1, -0.05) is 36.4 Å². The fourth-order valence-corrected chi connectivity index (χ4v) is 3.50. The second-order valence-corrected chi connectivity index (χ2v) is 7.04. The van der Waals surface area contributed by atoms with Gasteiger partial charge in [0, 0.05) is 18.2 Å². The summed E-state index contributed by atoms with van der Waals surface area (Å²) in [5.74, 6) is -0.300. The van der Waals surface area contributed by atoms with Crippen molar-refractivity contribution < 1.29 is 9.18 Å². The molecule has 0 aliphatic heterocycles. The molecule has 0 aliphatic rings. The summed E-state index contributed by atoms with van der Waals surface area (Å²) in [4.78, 5) is 17.3. The predicted octanol–water partition coefficient (Wildman–Crippen LogP) is 4.95. The second kappa shape index (κ2) is 8.27. The maximum absolute atomic E-state index is 13.3. The van der Waals surface area contributed by atoms with E-state index < -0.39 is 0 Å². The molecule has 0 radical (unpaired) electrons. The first-order valence-electron chi connectivity index (χ1n) is 9.68. The lowest BCUT2D eigenvalue weighted by Gasteiger charge is -2.14. The number of nitrogens with zero attached hydrogens (tertiary/aromatic N) is 2. The van der Waals surface area contributed by atoms with Crippen LogP contribution < -0.4 is 5.32 Å². The molecule has 1 atom stereocenters. The average Bonchev–Trinajstić information content (AvgIpc) is 3.12. The Labute approximate surface area is 169 Å². The molecule has 4 rings (SSSR count). The third kappa shape index (κ3) is 4.19. The Morgan fingerprint density at radius 2 is 1.76 bits per heavy atom. The van der Waals surface area contributed by atoms with Crippen molar-refractivity contribution in [3.63, 3.8) is 0 Å². The minimum absolute atomic E-state index is 0.0164. The van der Waals surface area contributed by atoms with Crippen LogP contribution in [0.3, 0.4) is 0 Å². The number of carbonyl (C=O) groups excluding carboxylic acids is 1. The van der Waals surface area contributed by atoms with Gasteiger partial charge in [0.05, 0.1) is 17.4 Å². The summed E-state index contributed by atoms with van der Waals surface area (Å²) in [6, 6.07) is 21.9. The summed E-state index contributed by atoms with van der Waals surface area (Å²) >= 11 is 0. The summed E-state index contributed by atoms with van der Waals surface area (Å²) in [6.45, 7) is 1.98. The van der Waals surface area contributed by atoms with Crippen LogP contribution in [0.1, 0.15) is 30.6 Å². The molecule has 146 valence electrons. The van der Waals surface area contributed by atoms with Crippen molar-refractivity contribution >= 4 is 11.6 Å². The Kier molecular flexibility index (Phi) is 5.38. The van der Waals surface area contributed by atoms with E-state index in [4.69, 9.17) is 4.98 Å². The first-order valence-corrected chi connectivity index (χ1v) is 9.68. The molecule has 0 fully saturated rings. The lowest BCUT2D eigenvalue weighted by molar-refractivity contribution is -0.121. The van der Waals surface area contributed by atoms with Gasteiger partial charge >= 0.3 is 0 Å². The van der Waals surface area contributed by atoms with Crippen LogP contribution in [0.2, 0.25) is 0 Å². The summed E-state index contributed by atoms with van der Waals surface area (Å²) in [6.07, 6.45) is 2.81. The van der Waals surface area contributed by atoms with Gasteiger partial charge in [0.15, 0.2) is 0 Å². The van der Waals surface area contributed by atoms with Crippen molar-refractivity contribution in [1.82, 2.24) is 14.7 Å². The van der Waals surface area contributed by atoms with Crippen molar-refractivity contribution in [2.75, 3.05) is 0 Å². The van der Waals surface area contributed by atoms with Crippen molar-refractivity contribution in [2.45, 2.75) is 25.8 Å². The van der Waals surface area contributed by atoms with E-state index in [2.05, 4.69) is 5.32 Å². The van der Waals surface area contributed by atoms with E-state index in [0.29, 0.717) is 12.8 Å². The van der Waals surface area contributed by atoms with E-state index in [0.717, 1.165) is 28.2 Å². The second-order valence-electron chi connectivity index (χ2n) is 7.04. The van der Waals surface area contributed by atoms with Crippen LogP contribution in [0.25, 0.3) is 16.9 Å². The van der Waals surface area contributed by atoms with Gasteiger partial charge in [-0.15, -0.1) is 0 Å². The zero-order chi connectivity index (χ0) is 20.2. The van der Waals surface area contributed by atoms with Crippen molar-refractivity contribution in [1.29, 1.82) is 0 Å². The van der Waals surface area contributed by atoms with E-state index in [1.54, 1.807) is 12.1 Å². The summed E-state index contributed by atoms with van der Waals surface area (Å²) in [5, 5.41) is 3.06. The fourth-order valence-electron chi connectivity index (χ4n) is 3.50. The smallest absolute Gasteiger partial charge is 0.220 e. The van der Waals surface area contributed by atoms with Gasteiger partial charge in [0.2, 0.25) is 5.91 Å². The number of hydrogen-bond donors (Lipinski definition) is 1. The van der Waals surface area contributed by atoms with E-state index in [1.165, 1.54) is 12.1 Å². The lowest BCUT2D eigenvalue weighted by atomic mass is 10.1. The number of imidazole rings is 1. The average molecular weight is 387 g/mol. The SMILES string of the molecule is C[C@H](NC(=O)CCc1c(-c2ccc(F)cc2)nc2ccccn12)c1ccccc1. The highest BCUT2D eigenvalue weighted by atomic mass is 19.1. The number of pyridine rings is 1. The first kappa shape index (κ1) is 18.9. The highest BCUT2D eigenvalue weighted by molar-refractivity contribution is 5.77. The molecule has 2 heterocycles. The predicted molar refractivity (Wildman–Crippen MR) is 112 cm³/mol. The van der Waals surface area contributed by atoms with Crippen LogP contribution in [-0.2, 0) is 11.2 Å². The number of nitrogens with one attached hydrogen (secondary N) is 1. The van der Waals surface area contributed by atoms with E-state index in [9.17, 15) is 9.18 Å². The zero-order valence-corrected chi connectivity index (χ0v) is 16.2. The van der Waals surface area contributed by atoms with Gasteiger partial charge in [-0.3, -0.25) is 4.79 Å². The Bertz CT molecular complexity index is 1120.